The van der Waals surface area contributed by atoms with Gasteiger partial charge >= 0.3 is 6.03 Å². The average Bonchev–Trinajstić information content (AvgIpc) is 2.97. The van der Waals surface area contributed by atoms with Gasteiger partial charge in [0.25, 0.3) is 5.91 Å². The summed E-state index contributed by atoms with van der Waals surface area (Å²) in [7, 11) is 0. The van der Waals surface area contributed by atoms with Gasteiger partial charge in [-0.3, -0.25) is 4.79 Å². The minimum absolute atomic E-state index is 0. The van der Waals surface area contributed by atoms with Crippen molar-refractivity contribution < 1.29 is 9.59 Å². The molecule has 4 N–H and O–H groups in total. The Morgan fingerprint density at radius 2 is 1.63 bits per heavy atom. The molecule has 0 atom stereocenters. The first-order valence-corrected chi connectivity index (χ1v) is 9.65. The SMILES string of the molecule is Cl.NCc1nc(C(=O)Nc2ccc(NC(=O)N3CCCCCC3)cc2)cs1. The number of anilines is 2. The third kappa shape index (κ3) is 5.92. The van der Waals surface area contributed by atoms with Gasteiger partial charge in [0, 0.05) is 36.4 Å². The molecule has 0 radical (unpaired) electrons. The molecule has 0 saturated carbocycles. The molecule has 0 bridgehead atoms. The van der Waals surface area contributed by atoms with Gasteiger partial charge in [0.2, 0.25) is 0 Å². The molecule has 146 valence electrons. The van der Waals surface area contributed by atoms with Gasteiger partial charge in [-0.1, -0.05) is 12.8 Å². The Balaban J connectivity index is 0.00000261. The minimum atomic E-state index is -0.276. The Morgan fingerprint density at radius 1 is 1.04 bits per heavy atom. The zero-order chi connectivity index (χ0) is 18.4. The fourth-order valence-corrected chi connectivity index (χ4v) is 3.47. The lowest BCUT2D eigenvalue weighted by Gasteiger charge is -2.20. The van der Waals surface area contributed by atoms with Crippen LogP contribution in [-0.2, 0) is 6.54 Å². The fourth-order valence-electron chi connectivity index (χ4n) is 2.82. The lowest BCUT2D eigenvalue weighted by molar-refractivity contribution is 0.102. The van der Waals surface area contributed by atoms with Crippen LogP contribution in [0.3, 0.4) is 0 Å². The lowest BCUT2D eigenvalue weighted by atomic mass is 10.2. The summed E-state index contributed by atoms with van der Waals surface area (Å²) in [6.07, 6.45) is 4.48. The van der Waals surface area contributed by atoms with Crippen LogP contribution in [0.2, 0.25) is 0 Å². The average molecular weight is 410 g/mol. The molecule has 1 aromatic carbocycles. The topological polar surface area (TPSA) is 100 Å². The molecule has 7 nitrogen and oxygen atoms in total. The van der Waals surface area contributed by atoms with Crippen molar-refractivity contribution in [2.45, 2.75) is 32.2 Å². The highest BCUT2D eigenvalue weighted by molar-refractivity contribution is 7.09. The first-order valence-electron chi connectivity index (χ1n) is 8.77. The van der Waals surface area contributed by atoms with Crippen LogP contribution in [0.1, 0.15) is 41.2 Å². The molecule has 27 heavy (non-hydrogen) atoms. The van der Waals surface area contributed by atoms with E-state index in [2.05, 4.69) is 15.6 Å². The first kappa shape index (κ1) is 21.1. The Morgan fingerprint density at radius 3 is 2.19 bits per heavy atom. The number of nitrogens with two attached hydrogens (primary N) is 1. The second kappa shape index (κ2) is 10.2. The molecule has 1 fully saturated rings. The molecule has 9 heteroatoms. The molecular weight excluding hydrogens is 386 g/mol. The third-order valence-corrected chi connectivity index (χ3v) is 5.12. The van der Waals surface area contributed by atoms with E-state index in [1.165, 1.54) is 24.2 Å². The molecule has 1 aliphatic rings. The Kier molecular flexibility index (Phi) is 8.02. The van der Waals surface area contributed by atoms with Gasteiger partial charge in [-0.15, -0.1) is 23.7 Å². The monoisotopic (exact) mass is 409 g/mol. The summed E-state index contributed by atoms with van der Waals surface area (Å²) in [5.41, 5.74) is 7.22. The van der Waals surface area contributed by atoms with Crippen LogP contribution < -0.4 is 16.4 Å². The minimum Gasteiger partial charge on any atom is -0.325 e. The molecule has 0 unspecified atom stereocenters. The maximum Gasteiger partial charge on any atom is 0.321 e. The van der Waals surface area contributed by atoms with Crippen LogP contribution in [0.5, 0.6) is 0 Å². The number of nitrogens with zero attached hydrogens (tertiary/aromatic N) is 2. The maximum absolute atomic E-state index is 12.3. The number of aromatic nitrogens is 1. The number of halogens is 1. The van der Waals surface area contributed by atoms with E-state index in [0.717, 1.165) is 30.9 Å². The highest BCUT2D eigenvalue weighted by atomic mass is 35.5. The van der Waals surface area contributed by atoms with E-state index in [1.54, 1.807) is 29.6 Å². The lowest BCUT2D eigenvalue weighted by Crippen LogP contribution is -2.35. The predicted octanol–water partition coefficient (Wildman–Crippen LogP) is 3.68. The number of rotatable bonds is 4. The second-order valence-electron chi connectivity index (χ2n) is 6.19. The van der Waals surface area contributed by atoms with Crippen LogP contribution >= 0.6 is 23.7 Å². The van der Waals surface area contributed by atoms with Crippen LogP contribution in [-0.4, -0.2) is 34.9 Å². The summed E-state index contributed by atoms with van der Waals surface area (Å²) < 4.78 is 0. The van der Waals surface area contributed by atoms with Gasteiger partial charge in [-0.25, -0.2) is 9.78 Å². The van der Waals surface area contributed by atoms with Crippen LogP contribution in [0.15, 0.2) is 29.6 Å². The second-order valence-corrected chi connectivity index (χ2v) is 7.14. The smallest absolute Gasteiger partial charge is 0.321 e. The molecule has 1 saturated heterocycles. The summed E-state index contributed by atoms with van der Waals surface area (Å²) in [6, 6.07) is 6.99. The molecule has 3 rings (SSSR count). The third-order valence-electron chi connectivity index (χ3n) is 4.25. The summed E-state index contributed by atoms with van der Waals surface area (Å²) in [5.74, 6) is -0.276. The zero-order valence-corrected chi connectivity index (χ0v) is 16.6. The van der Waals surface area contributed by atoms with E-state index in [-0.39, 0.29) is 24.3 Å². The Hall–Kier alpha value is -2.16. The number of hydrogen-bond acceptors (Lipinski definition) is 5. The number of amides is 3. The summed E-state index contributed by atoms with van der Waals surface area (Å²) >= 11 is 1.36. The van der Waals surface area contributed by atoms with Crippen molar-refractivity contribution in [3.63, 3.8) is 0 Å². The number of carbonyl (C=O) groups is 2. The van der Waals surface area contributed by atoms with Crippen molar-refractivity contribution in [2.75, 3.05) is 23.7 Å². The molecular formula is C18H24ClN5O2S. The van der Waals surface area contributed by atoms with Crippen molar-refractivity contribution in [1.82, 2.24) is 9.88 Å². The van der Waals surface area contributed by atoms with E-state index >= 15 is 0 Å². The van der Waals surface area contributed by atoms with Gasteiger partial charge < -0.3 is 21.3 Å². The summed E-state index contributed by atoms with van der Waals surface area (Å²) in [4.78, 5) is 30.5. The Bertz CT molecular complexity index is 757. The van der Waals surface area contributed by atoms with Crippen LogP contribution in [0.25, 0.3) is 0 Å². The molecule has 0 spiro atoms. The van der Waals surface area contributed by atoms with Crippen molar-refractivity contribution >= 4 is 47.1 Å². The predicted molar refractivity (Wildman–Crippen MR) is 111 cm³/mol. The number of benzene rings is 1. The number of nitrogens with one attached hydrogen (secondary N) is 2. The van der Waals surface area contributed by atoms with E-state index in [4.69, 9.17) is 5.73 Å². The summed E-state index contributed by atoms with van der Waals surface area (Å²) in [6.45, 7) is 1.93. The van der Waals surface area contributed by atoms with Crippen molar-refractivity contribution in [3.8, 4) is 0 Å². The molecule has 3 amide bonds. The van der Waals surface area contributed by atoms with Gasteiger partial charge in [0.15, 0.2) is 0 Å². The first-order chi connectivity index (χ1) is 12.7. The van der Waals surface area contributed by atoms with Gasteiger partial charge in [0.05, 0.1) is 0 Å². The number of likely N-dealkylation sites (tertiary alicyclic amines) is 1. The number of carbonyl (C=O) groups excluding carboxylic acids is 2. The molecule has 1 aromatic heterocycles. The Labute approximate surface area is 168 Å². The highest BCUT2D eigenvalue weighted by Crippen LogP contribution is 2.17. The van der Waals surface area contributed by atoms with E-state index < -0.39 is 0 Å². The maximum atomic E-state index is 12.3. The highest BCUT2D eigenvalue weighted by Gasteiger charge is 2.15. The standard InChI is InChI=1S/C18H23N5O2S.ClH/c19-11-16-22-15(12-26-16)17(24)20-13-5-7-14(8-6-13)21-18(25)23-9-3-1-2-4-10-23;/h5-8,12H,1-4,9-11,19H2,(H,20,24)(H,21,25);1H. The number of thiazole rings is 1. The van der Waals surface area contributed by atoms with Crippen LogP contribution in [0.4, 0.5) is 16.2 Å². The number of hydrogen-bond donors (Lipinski definition) is 3. The largest absolute Gasteiger partial charge is 0.325 e. The molecule has 0 aliphatic carbocycles. The van der Waals surface area contributed by atoms with Crippen LogP contribution in [0, 0.1) is 0 Å². The van der Waals surface area contributed by atoms with E-state index in [9.17, 15) is 9.59 Å². The van der Waals surface area contributed by atoms with Crippen molar-refractivity contribution in [2.24, 2.45) is 5.73 Å². The quantitative estimate of drug-likeness (QED) is 0.716. The van der Waals surface area contributed by atoms with Crippen molar-refractivity contribution in [1.29, 1.82) is 0 Å². The van der Waals surface area contributed by atoms with Gasteiger partial charge in [0.1, 0.15) is 10.7 Å². The normalized spacial score (nSPS) is 14.0. The van der Waals surface area contributed by atoms with Gasteiger partial charge in [-0.05, 0) is 37.1 Å². The fraction of sp³-hybridized carbons (Fsp3) is 0.389. The van der Waals surface area contributed by atoms with Gasteiger partial charge in [-0.2, -0.15) is 0 Å². The summed E-state index contributed by atoms with van der Waals surface area (Å²) in [5, 5.41) is 8.11. The van der Waals surface area contributed by atoms with Crippen molar-refractivity contribution in [3.05, 3.63) is 40.3 Å². The zero-order valence-electron chi connectivity index (χ0n) is 14.9. The number of urea groups is 1. The molecule has 2 aromatic rings. The molecule has 2 heterocycles. The van der Waals surface area contributed by atoms with E-state index in [1.807, 2.05) is 4.90 Å². The molecule has 1 aliphatic heterocycles. The van der Waals surface area contributed by atoms with E-state index in [0.29, 0.717) is 23.6 Å².